The van der Waals surface area contributed by atoms with Crippen LogP contribution in [0.2, 0.25) is 5.02 Å². The first kappa shape index (κ1) is 20.9. The maximum absolute atomic E-state index is 12.9. The van der Waals surface area contributed by atoms with E-state index in [1.165, 1.54) is 12.3 Å². The summed E-state index contributed by atoms with van der Waals surface area (Å²) in [7, 11) is 0. The Bertz CT molecular complexity index is 782. The summed E-state index contributed by atoms with van der Waals surface area (Å²) >= 11 is 23.4. The Hall–Kier alpha value is -1.41. The molecule has 26 heavy (non-hydrogen) atoms. The zero-order valence-electron chi connectivity index (χ0n) is 12.6. The Labute approximate surface area is 166 Å². The summed E-state index contributed by atoms with van der Waals surface area (Å²) in [6.45, 7) is 0. The van der Waals surface area contributed by atoms with E-state index in [4.69, 9.17) is 46.4 Å². The van der Waals surface area contributed by atoms with E-state index in [0.717, 1.165) is 18.2 Å². The molecule has 1 atom stereocenters. The van der Waals surface area contributed by atoms with E-state index < -0.39 is 27.6 Å². The zero-order valence-corrected chi connectivity index (χ0v) is 15.6. The number of alkyl halides is 6. The van der Waals surface area contributed by atoms with Crippen molar-refractivity contribution in [1.82, 2.24) is 10.3 Å². The van der Waals surface area contributed by atoms with Gasteiger partial charge in [-0.25, -0.2) is 0 Å². The molecule has 2 rings (SSSR count). The van der Waals surface area contributed by atoms with Crippen molar-refractivity contribution < 1.29 is 18.0 Å². The van der Waals surface area contributed by atoms with Crippen molar-refractivity contribution in [1.29, 1.82) is 0 Å². The number of aromatic nitrogens is 1. The van der Waals surface area contributed by atoms with E-state index in [9.17, 15) is 18.0 Å². The molecule has 1 aromatic carbocycles. The predicted molar refractivity (Wildman–Crippen MR) is 95.9 cm³/mol. The van der Waals surface area contributed by atoms with Gasteiger partial charge in [0, 0.05) is 6.20 Å². The Kier molecular flexibility index (Phi) is 6.50. The van der Waals surface area contributed by atoms with Gasteiger partial charge in [0.15, 0.2) is 0 Å². The van der Waals surface area contributed by atoms with E-state index in [1.54, 1.807) is 12.1 Å². The quantitative estimate of drug-likeness (QED) is 0.495. The maximum Gasteiger partial charge on any atom is 0.416 e. The minimum atomic E-state index is -4.59. The second kappa shape index (κ2) is 8.08. The first-order chi connectivity index (χ1) is 12.0. The van der Waals surface area contributed by atoms with Crippen LogP contribution in [0.3, 0.4) is 0 Å². The highest BCUT2D eigenvalue weighted by Crippen LogP contribution is 2.36. The second-order valence-corrected chi connectivity index (χ2v) is 7.78. The first-order valence-electron chi connectivity index (χ1n) is 6.90. The van der Waals surface area contributed by atoms with Gasteiger partial charge in [-0.2, -0.15) is 13.2 Å². The lowest BCUT2D eigenvalue weighted by atomic mass is 10.2. The number of nitrogens with zero attached hydrogens (tertiary/aromatic N) is 1. The SMILES string of the molecule is O=C(NC(Nc1cc(C(F)(F)F)ccc1Cl)C(Cl)(Cl)Cl)c1ccccn1. The molecule has 1 aromatic heterocycles. The minimum absolute atomic E-state index is 0.0312. The van der Waals surface area contributed by atoms with Crippen LogP contribution in [0.15, 0.2) is 42.6 Å². The summed E-state index contributed by atoms with van der Waals surface area (Å²) in [4.78, 5) is 16.0. The van der Waals surface area contributed by atoms with Crippen molar-refractivity contribution in [3.05, 3.63) is 58.9 Å². The number of rotatable bonds is 4. The molecule has 0 spiro atoms. The molecule has 0 aliphatic rings. The lowest BCUT2D eigenvalue weighted by Gasteiger charge is -2.28. The number of halogens is 7. The number of amides is 1. The number of hydrogen-bond donors (Lipinski definition) is 2. The topological polar surface area (TPSA) is 54.0 Å². The molecular weight excluding hydrogens is 437 g/mol. The van der Waals surface area contributed by atoms with Crippen LogP contribution in [0.4, 0.5) is 18.9 Å². The molecule has 4 nitrogen and oxygen atoms in total. The predicted octanol–water partition coefficient (Wildman–Crippen LogP) is 5.29. The van der Waals surface area contributed by atoms with Gasteiger partial charge in [-0.15, -0.1) is 0 Å². The minimum Gasteiger partial charge on any atom is -0.361 e. The van der Waals surface area contributed by atoms with Crippen LogP contribution in [0.5, 0.6) is 0 Å². The van der Waals surface area contributed by atoms with Crippen LogP contribution >= 0.6 is 46.4 Å². The first-order valence-corrected chi connectivity index (χ1v) is 8.41. The van der Waals surface area contributed by atoms with Crippen LogP contribution in [-0.2, 0) is 6.18 Å². The van der Waals surface area contributed by atoms with Crippen molar-refractivity contribution >= 4 is 58.0 Å². The van der Waals surface area contributed by atoms with Crippen molar-refractivity contribution in [3.8, 4) is 0 Å². The average Bonchev–Trinajstić information content (AvgIpc) is 2.54. The van der Waals surface area contributed by atoms with Gasteiger partial charge in [0.25, 0.3) is 5.91 Å². The van der Waals surface area contributed by atoms with E-state index in [-0.39, 0.29) is 16.4 Å². The highest BCUT2D eigenvalue weighted by atomic mass is 35.6. The molecule has 1 amide bonds. The highest BCUT2D eigenvalue weighted by Gasteiger charge is 2.36. The second-order valence-electron chi connectivity index (χ2n) is 5.00. The molecule has 11 heteroatoms. The third-order valence-corrected chi connectivity index (χ3v) is 4.08. The Morgan fingerprint density at radius 2 is 1.81 bits per heavy atom. The van der Waals surface area contributed by atoms with Gasteiger partial charge < -0.3 is 10.6 Å². The normalized spacial score (nSPS) is 13.2. The monoisotopic (exact) mass is 445 g/mol. The van der Waals surface area contributed by atoms with Gasteiger partial charge >= 0.3 is 6.18 Å². The Morgan fingerprint density at radius 3 is 2.35 bits per heavy atom. The van der Waals surface area contributed by atoms with E-state index in [0.29, 0.717) is 0 Å². The van der Waals surface area contributed by atoms with Gasteiger partial charge in [-0.05, 0) is 30.3 Å². The Morgan fingerprint density at radius 1 is 1.12 bits per heavy atom. The lowest BCUT2D eigenvalue weighted by molar-refractivity contribution is -0.137. The number of nitrogens with one attached hydrogen (secondary N) is 2. The summed E-state index contributed by atoms with van der Waals surface area (Å²) in [6, 6.07) is 7.20. The standard InChI is InChI=1S/C15H10Cl4F3N3O/c16-9-5-4-8(15(20,21)22)7-11(9)24-13(14(17,18)19)25-12(26)10-3-1-2-6-23-10/h1-7,13,24H,(H,25,26). The number of hydrogen-bond acceptors (Lipinski definition) is 3. The maximum atomic E-state index is 12.9. The number of benzene rings is 1. The fraction of sp³-hybridized carbons (Fsp3) is 0.200. The third kappa shape index (κ3) is 5.54. The third-order valence-electron chi connectivity index (χ3n) is 3.09. The lowest BCUT2D eigenvalue weighted by Crippen LogP contribution is -2.49. The fourth-order valence-corrected chi connectivity index (χ4v) is 2.37. The van der Waals surface area contributed by atoms with Gasteiger partial charge in [0.2, 0.25) is 3.79 Å². The Balaban J connectivity index is 2.28. The molecule has 0 saturated carbocycles. The van der Waals surface area contributed by atoms with Crippen LogP contribution in [0.25, 0.3) is 0 Å². The number of pyridine rings is 1. The molecule has 0 aliphatic carbocycles. The molecule has 0 aliphatic heterocycles. The molecule has 2 N–H and O–H groups in total. The van der Waals surface area contributed by atoms with Crippen molar-refractivity contribution in [2.75, 3.05) is 5.32 Å². The van der Waals surface area contributed by atoms with Crippen molar-refractivity contribution in [3.63, 3.8) is 0 Å². The summed E-state index contributed by atoms with van der Waals surface area (Å²) < 4.78 is 36.5. The van der Waals surface area contributed by atoms with E-state index in [2.05, 4.69) is 15.6 Å². The largest absolute Gasteiger partial charge is 0.416 e. The number of carbonyl (C=O) groups is 1. The van der Waals surface area contributed by atoms with Crippen LogP contribution in [0, 0.1) is 0 Å². The van der Waals surface area contributed by atoms with Crippen LogP contribution in [-0.4, -0.2) is 20.8 Å². The van der Waals surface area contributed by atoms with Crippen molar-refractivity contribution in [2.24, 2.45) is 0 Å². The summed E-state index contributed by atoms with van der Waals surface area (Å²) in [6.07, 6.45) is -4.59. The number of anilines is 1. The molecular formula is C15H10Cl4F3N3O. The smallest absolute Gasteiger partial charge is 0.361 e. The summed E-state index contributed by atoms with van der Waals surface area (Å²) in [5.41, 5.74) is -1.09. The molecule has 1 unspecified atom stereocenters. The van der Waals surface area contributed by atoms with E-state index in [1.807, 2.05) is 0 Å². The molecule has 140 valence electrons. The average molecular weight is 447 g/mol. The van der Waals surface area contributed by atoms with Gasteiger partial charge in [0.05, 0.1) is 16.3 Å². The fourth-order valence-electron chi connectivity index (χ4n) is 1.87. The van der Waals surface area contributed by atoms with Gasteiger partial charge in [0.1, 0.15) is 11.9 Å². The molecule has 0 fully saturated rings. The van der Waals surface area contributed by atoms with Gasteiger partial charge in [-0.3, -0.25) is 9.78 Å². The van der Waals surface area contributed by atoms with Crippen molar-refractivity contribution in [2.45, 2.75) is 16.1 Å². The molecule has 0 bridgehead atoms. The van der Waals surface area contributed by atoms with E-state index >= 15 is 0 Å². The van der Waals surface area contributed by atoms with Crippen LogP contribution in [0.1, 0.15) is 16.1 Å². The molecule has 0 radical (unpaired) electrons. The zero-order chi connectivity index (χ0) is 19.5. The van der Waals surface area contributed by atoms with Crippen LogP contribution < -0.4 is 10.6 Å². The summed E-state index contributed by atoms with van der Waals surface area (Å²) in [5, 5.41) is 4.82. The highest BCUT2D eigenvalue weighted by molar-refractivity contribution is 6.68. The van der Waals surface area contributed by atoms with Gasteiger partial charge in [-0.1, -0.05) is 52.5 Å². The number of carbonyl (C=O) groups excluding carboxylic acids is 1. The molecule has 1 heterocycles. The molecule has 0 saturated heterocycles. The summed E-state index contributed by atoms with van der Waals surface area (Å²) in [5.74, 6) is -0.697. The molecule has 2 aromatic rings.